The number of primary amides is 1. The van der Waals surface area contributed by atoms with Crippen LogP contribution in [0.5, 0.6) is 0 Å². The summed E-state index contributed by atoms with van der Waals surface area (Å²) in [5, 5.41) is 3.29. The fraction of sp³-hybridized carbons (Fsp3) is 0.462. The minimum atomic E-state index is -0.461. The number of hydrogen-bond acceptors (Lipinski definition) is 4. The Morgan fingerprint density at radius 3 is 2.78 bits per heavy atom. The number of rotatable bonds is 7. The largest absolute Gasteiger partial charge is 0.397 e. The first-order valence-corrected chi connectivity index (χ1v) is 6.03. The van der Waals surface area contributed by atoms with E-state index in [1.807, 2.05) is 0 Å². The highest BCUT2D eigenvalue weighted by Gasteiger charge is 2.11. The van der Waals surface area contributed by atoms with Crippen molar-refractivity contribution in [3.05, 3.63) is 23.8 Å². The lowest BCUT2D eigenvalue weighted by Gasteiger charge is -2.20. The lowest BCUT2D eigenvalue weighted by atomic mass is 10.1. The number of nitrogens with one attached hydrogen (secondary N) is 1. The van der Waals surface area contributed by atoms with E-state index >= 15 is 0 Å². The van der Waals surface area contributed by atoms with Gasteiger partial charge in [-0.3, -0.25) is 4.79 Å². The Labute approximate surface area is 107 Å². The van der Waals surface area contributed by atoms with Crippen LogP contribution in [-0.2, 0) is 4.74 Å². The molecule has 5 N–H and O–H groups in total. The summed E-state index contributed by atoms with van der Waals surface area (Å²) >= 11 is 0. The minimum Gasteiger partial charge on any atom is -0.397 e. The lowest BCUT2D eigenvalue weighted by Crippen LogP contribution is -2.25. The maximum Gasteiger partial charge on any atom is 0.248 e. The van der Waals surface area contributed by atoms with E-state index in [4.69, 9.17) is 16.2 Å². The van der Waals surface area contributed by atoms with Gasteiger partial charge in [-0.2, -0.15) is 0 Å². The zero-order valence-corrected chi connectivity index (χ0v) is 10.9. The van der Waals surface area contributed by atoms with Crippen LogP contribution in [0.3, 0.4) is 0 Å². The van der Waals surface area contributed by atoms with Crippen LogP contribution in [-0.4, -0.2) is 25.7 Å². The monoisotopic (exact) mass is 251 g/mol. The number of amides is 1. The fourth-order valence-electron chi connectivity index (χ4n) is 1.80. The molecule has 0 aliphatic carbocycles. The van der Waals surface area contributed by atoms with Gasteiger partial charge < -0.3 is 21.5 Å². The van der Waals surface area contributed by atoms with Crippen LogP contribution in [0, 0.1) is 0 Å². The van der Waals surface area contributed by atoms with Crippen molar-refractivity contribution in [3.63, 3.8) is 0 Å². The van der Waals surface area contributed by atoms with Crippen molar-refractivity contribution in [1.82, 2.24) is 0 Å². The van der Waals surface area contributed by atoms with E-state index in [-0.39, 0.29) is 6.04 Å². The molecule has 1 atom stereocenters. The molecule has 0 spiro atoms. The Kier molecular flexibility index (Phi) is 5.45. The van der Waals surface area contributed by atoms with Crippen LogP contribution in [0.4, 0.5) is 11.4 Å². The van der Waals surface area contributed by atoms with Crippen LogP contribution < -0.4 is 16.8 Å². The molecule has 1 rings (SSSR count). The molecule has 0 aromatic heterocycles. The van der Waals surface area contributed by atoms with Crippen molar-refractivity contribution in [2.24, 2.45) is 5.73 Å². The van der Waals surface area contributed by atoms with Gasteiger partial charge in [-0.25, -0.2) is 0 Å². The second-order valence-electron chi connectivity index (χ2n) is 4.25. The molecule has 0 heterocycles. The van der Waals surface area contributed by atoms with Gasteiger partial charge in [0.2, 0.25) is 5.91 Å². The highest BCUT2D eigenvalue weighted by Crippen LogP contribution is 2.21. The summed E-state index contributed by atoms with van der Waals surface area (Å²) in [4.78, 5) is 11.1. The molecule has 1 unspecified atom stereocenters. The first-order chi connectivity index (χ1) is 8.58. The van der Waals surface area contributed by atoms with Crippen LogP contribution >= 0.6 is 0 Å². The van der Waals surface area contributed by atoms with Gasteiger partial charge in [0.05, 0.1) is 18.0 Å². The molecule has 0 radical (unpaired) electrons. The summed E-state index contributed by atoms with van der Waals surface area (Å²) in [5.41, 5.74) is 12.9. The normalized spacial score (nSPS) is 12.1. The highest BCUT2D eigenvalue weighted by molar-refractivity contribution is 5.94. The zero-order valence-electron chi connectivity index (χ0n) is 10.9. The Morgan fingerprint density at radius 1 is 1.50 bits per heavy atom. The highest BCUT2D eigenvalue weighted by atomic mass is 16.5. The molecule has 5 nitrogen and oxygen atoms in total. The van der Waals surface area contributed by atoms with E-state index in [2.05, 4.69) is 12.2 Å². The Balaban J connectivity index is 2.86. The molecule has 0 aliphatic heterocycles. The van der Waals surface area contributed by atoms with E-state index in [9.17, 15) is 4.79 Å². The van der Waals surface area contributed by atoms with Gasteiger partial charge in [0.1, 0.15) is 0 Å². The van der Waals surface area contributed by atoms with Gasteiger partial charge in [-0.1, -0.05) is 13.3 Å². The van der Waals surface area contributed by atoms with Crippen LogP contribution in [0.25, 0.3) is 0 Å². The average molecular weight is 251 g/mol. The third kappa shape index (κ3) is 3.92. The van der Waals surface area contributed by atoms with Gasteiger partial charge in [0.15, 0.2) is 0 Å². The summed E-state index contributed by atoms with van der Waals surface area (Å²) in [6.45, 7) is 2.70. The first-order valence-electron chi connectivity index (χ1n) is 6.03. The minimum absolute atomic E-state index is 0.172. The molecule has 0 fully saturated rings. The van der Waals surface area contributed by atoms with E-state index in [1.165, 1.54) is 0 Å². The van der Waals surface area contributed by atoms with Crippen molar-refractivity contribution < 1.29 is 9.53 Å². The van der Waals surface area contributed by atoms with Crippen molar-refractivity contribution in [3.8, 4) is 0 Å². The molecule has 1 amide bonds. The molecule has 100 valence electrons. The number of nitrogen functional groups attached to an aromatic ring is 1. The Morgan fingerprint density at radius 2 is 2.22 bits per heavy atom. The summed E-state index contributed by atoms with van der Waals surface area (Å²) in [6.07, 6.45) is 2.00. The van der Waals surface area contributed by atoms with Crippen molar-refractivity contribution in [2.45, 2.75) is 25.8 Å². The maximum atomic E-state index is 11.1. The van der Waals surface area contributed by atoms with Gasteiger partial charge in [0.25, 0.3) is 0 Å². The van der Waals surface area contributed by atoms with Crippen LogP contribution in [0.15, 0.2) is 18.2 Å². The number of anilines is 2. The number of nitrogens with two attached hydrogens (primary N) is 2. The van der Waals surface area contributed by atoms with Gasteiger partial charge in [0, 0.05) is 18.7 Å². The summed E-state index contributed by atoms with van der Waals surface area (Å²) in [5.74, 6) is -0.461. The van der Waals surface area contributed by atoms with Crippen molar-refractivity contribution in [1.29, 1.82) is 0 Å². The van der Waals surface area contributed by atoms with E-state index in [0.717, 1.165) is 18.5 Å². The Bertz CT molecular complexity index is 401. The molecule has 18 heavy (non-hydrogen) atoms. The number of methoxy groups -OCH3 is 1. The standard InChI is InChI=1S/C13H21N3O2/c1-3-4-10(8-18-2)16-12-7-9(13(15)17)5-6-11(12)14/h5-7,10,16H,3-4,8,14H2,1-2H3,(H2,15,17). The molecule has 0 saturated carbocycles. The molecule has 0 bridgehead atoms. The van der Waals surface area contributed by atoms with E-state index < -0.39 is 5.91 Å². The number of carbonyl (C=O) groups is 1. The summed E-state index contributed by atoms with van der Waals surface area (Å²) in [7, 11) is 1.66. The SMILES string of the molecule is CCCC(COC)Nc1cc(C(N)=O)ccc1N. The summed E-state index contributed by atoms with van der Waals surface area (Å²) in [6, 6.07) is 5.15. The van der Waals surface area contributed by atoms with Gasteiger partial charge in [-0.15, -0.1) is 0 Å². The first kappa shape index (κ1) is 14.3. The maximum absolute atomic E-state index is 11.1. The number of benzene rings is 1. The summed E-state index contributed by atoms with van der Waals surface area (Å²) < 4.78 is 5.15. The zero-order chi connectivity index (χ0) is 13.5. The van der Waals surface area contributed by atoms with Crippen molar-refractivity contribution >= 4 is 17.3 Å². The molecule has 1 aromatic rings. The van der Waals surface area contributed by atoms with E-state index in [0.29, 0.717) is 17.9 Å². The molecular formula is C13H21N3O2. The molecular weight excluding hydrogens is 230 g/mol. The van der Waals surface area contributed by atoms with E-state index in [1.54, 1.807) is 25.3 Å². The fourth-order valence-corrected chi connectivity index (χ4v) is 1.80. The lowest BCUT2D eigenvalue weighted by molar-refractivity contribution is 0.100. The average Bonchev–Trinajstić information content (AvgIpc) is 2.32. The third-order valence-corrected chi connectivity index (χ3v) is 2.70. The predicted molar refractivity (Wildman–Crippen MR) is 73.6 cm³/mol. The Hall–Kier alpha value is -1.75. The number of carbonyl (C=O) groups excluding carboxylic acids is 1. The van der Waals surface area contributed by atoms with Gasteiger partial charge >= 0.3 is 0 Å². The molecule has 0 saturated heterocycles. The molecule has 5 heteroatoms. The second kappa shape index (κ2) is 6.86. The molecule has 1 aromatic carbocycles. The number of hydrogen-bond donors (Lipinski definition) is 3. The van der Waals surface area contributed by atoms with Crippen molar-refractivity contribution in [2.75, 3.05) is 24.8 Å². The van der Waals surface area contributed by atoms with Crippen LogP contribution in [0.1, 0.15) is 30.1 Å². The number of ether oxygens (including phenoxy) is 1. The van der Waals surface area contributed by atoms with Crippen LogP contribution in [0.2, 0.25) is 0 Å². The van der Waals surface area contributed by atoms with Gasteiger partial charge in [-0.05, 0) is 24.6 Å². The third-order valence-electron chi connectivity index (χ3n) is 2.70. The quantitative estimate of drug-likeness (QED) is 0.642. The molecule has 0 aliphatic rings. The smallest absolute Gasteiger partial charge is 0.248 e. The predicted octanol–water partition coefficient (Wildman–Crippen LogP) is 1.59. The topological polar surface area (TPSA) is 90.4 Å². The second-order valence-corrected chi connectivity index (χ2v) is 4.25.